The average Bonchev–Trinajstić information content (AvgIpc) is 1.95. The Balaban J connectivity index is 4.25. The van der Waals surface area contributed by atoms with E-state index < -0.39 is 33.7 Å². The summed E-state index contributed by atoms with van der Waals surface area (Å²) < 4.78 is 24.0. The van der Waals surface area contributed by atoms with Crippen molar-refractivity contribution >= 4 is 20.9 Å². The lowest BCUT2D eigenvalue weighted by atomic mass is 10.4. The molecule has 1 unspecified atom stereocenters. The van der Waals surface area contributed by atoms with Crippen molar-refractivity contribution in [1.82, 2.24) is 0 Å². The highest BCUT2D eigenvalue weighted by Crippen LogP contribution is 2.39. The number of carbonyl (C=O) groups excluding carboxylic acids is 1. The van der Waals surface area contributed by atoms with E-state index in [9.17, 15) is 13.9 Å². The van der Waals surface area contributed by atoms with E-state index in [1.54, 1.807) is 0 Å². The number of hydrogen-bond acceptors (Lipinski definition) is 5. The Kier molecular flexibility index (Phi) is 4.57. The standard InChI is InChI=1S/C3H8O9P2/c4-2(1-12-14(9,10)11)3(5)13(6,7)8/h2,4H,1H2,(H2,6,7,8)(H2,9,10,11). The molecule has 0 amide bonds. The third kappa shape index (κ3) is 5.58. The monoisotopic (exact) mass is 250 g/mol. The molecule has 0 aromatic rings. The minimum absolute atomic E-state index is 1.19. The Labute approximate surface area is 77.7 Å². The maximum Gasteiger partial charge on any atom is 0.469 e. The molecule has 0 radical (unpaired) electrons. The van der Waals surface area contributed by atoms with Crippen molar-refractivity contribution < 1.29 is 43.1 Å². The highest BCUT2D eigenvalue weighted by atomic mass is 31.2. The van der Waals surface area contributed by atoms with Crippen LogP contribution in [0.5, 0.6) is 0 Å². The van der Waals surface area contributed by atoms with Gasteiger partial charge in [0.15, 0.2) is 0 Å². The second kappa shape index (κ2) is 4.61. The van der Waals surface area contributed by atoms with E-state index in [2.05, 4.69) is 4.52 Å². The summed E-state index contributed by atoms with van der Waals surface area (Å²) in [5.74, 6) is 0. The molecule has 14 heavy (non-hydrogen) atoms. The number of carbonyl (C=O) groups is 1. The van der Waals surface area contributed by atoms with Gasteiger partial charge in [-0.15, -0.1) is 0 Å². The van der Waals surface area contributed by atoms with Crippen molar-refractivity contribution in [3.8, 4) is 0 Å². The first-order valence-corrected chi connectivity index (χ1v) is 6.16. The third-order valence-corrected chi connectivity index (χ3v) is 2.33. The summed E-state index contributed by atoms with van der Waals surface area (Å²) in [6, 6.07) is 0. The largest absolute Gasteiger partial charge is 0.469 e. The zero-order chi connectivity index (χ0) is 11.6. The van der Waals surface area contributed by atoms with Crippen LogP contribution in [0, 0.1) is 0 Å². The van der Waals surface area contributed by atoms with Crippen LogP contribution in [0.1, 0.15) is 0 Å². The first-order chi connectivity index (χ1) is 6.04. The molecule has 1 atom stereocenters. The van der Waals surface area contributed by atoms with Gasteiger partial charge in [-0.3, -0.25) is 13.9 Å². The van der Waals surface area contributed by atoms with Gasteiger partial charge in [-0.05, 0) is 0 Å². The fourth-order valence-electron chi connectivity index (χ4n) is 0.433. The highest BCUT2D eigenvalue weighted by Gasteiger charge is 2.34. The van der Waals surface area contributed by atoms with E-state index in [1.807, 2.05) is 0 Å². The van der Waals surface area contributed by atoms with E-state index in [0.29, 0.717) is 0 Å². The predicted molar refractivity (Wildman–Crippen MR) is 41.1 cm³/mol. The Morgan fingerprint density at radius 1 is 1.21 bits per heavy atom. The molecule has 0 heterocycles. The summed E-state index contributed by atoms with van der Waals surface area (Å²) in [5.41, 5.74) is -1.86. The Bertz CT molecular complexity index is 297. The van der Waals surface area contributed by atoms with Crippen LogP contribution in [0.4, 0.5) is 0 Å². The zero-order valence-corrected chi connectivity index (χ0v) is 8.34. The lowest BCUT2D eigenvalue weighted by molar-refractivity contribution is -0.122. The molecule has 0 aromatic carbocycles. The molecule has 0 bridgehead atoms. The smallest absolute Gasteiger partial charge is 0.382 e. The van der Waals surface area contributed by atoms with Gasteiger partial charge >= 0.3 is 15.4 Å². The van der Waals surface area contributed by atoms with Crippen LogP contribution in [-0.4, -0.2) is 42.9 Å². The van der Waals surface area contributed by atoms with Gasteiger partial charge < -0.3 is 24.7 Å². The lowest BCUT2D eigenvalue weighted by Gasteiger charge is -2.10. The molecule has 0 saturated carbocycles. The third-order valence-electron chi connectivity index (χ3n) is 0.973. The molecular formula is C3H8O9P2. The lowest BCUT2D eigenvalue weighted by Crippen LogP contribution is -2.25. The van der Waals surface area contributed by atoms with Crippen LogP contribution in [0.25, 0.3) is 0 Å². The normalized spacial score (nSPS) is 15.2. The fraction of sp³-hybridized carbons (Fsp3) is 0.667. The summed E-state index contributed by atoms with van der Waals surface area (Å²) in [6.07, 6.45) is -2.27. The molecule has 9 nitrogen and oxygen atoms in total. The second-order valence-corrected chi connectivity index (χ2v) is 4.95. The van der Waals surface area contributed by atoms with Gasteiger partial charge in [0.1, 0.15) is 6.10 Å². The number of rotatable bonds is 5. The molecule has 5 N–H and O–H groups in total. The van der Waals surface area contributed by atoms with E-state index >= 15 is 0 Å². The molecule has 0 aromatic heterocycles. The van der Waals surface area contributed by atoms with Gasteiger partial charge in [0.25, 0.3) is 5.52 Å². The van der Waals surface area contributed by atoms with Gasteiger partial charge in [0.05, 0.1) is 6.61 Å². The second-order valence-electron chi connectivity index (χ2n) is 2.18. The predicted octanol–water partition coefficient (Wildman–Crippen LogP) is -1.84. The minimum Gasteiger partial charge on any atom is -0.382 e. The van der Waals surface area contributed by atoms with E-state index in [1.165, 1.54) is 0 Å². The summed E-state index contributed by atoms with van der Waals surface area (Å²) in [6.45, 7) is -1.19. The maximum absolute atomic E-state index is 10.5. The number of hydrogen-bond donors (Lipinski definition) is 5. The fourth-order valence-corrected chi connectivity index (χ4v) is 1.23. The van der Waals surface area contributed by atoms with Gasteiger partial charge in [-0.25, -0.2) is 4.57 Å². The van der Waals surface area contributed by atoms with Crippen LogP contribution >= 0.6 is 15.4 Å². The van der Waals surface area contributed by atoms with E-state index in [0.717, 1.165) is 0 Å². The van der Waals surface area contributed by atoms with Gasteiger partial charge in [0, 0.05) is 0 Å². The quantitative estimate of drug-likeness (QED) is 0.353. The van der Waals surface area contributed by atoms with Crippen molar-refractivity contribution in [2.45, 2.75) is 6.10 Å². The molecule has 0 spiro atoms. The topological polar surface area (TPSA) is 162 Å². The molecule has 0 aliphatic rings. The van der Waals surface area contributed by atoms with E-state index in [-0.39, 0.29) is 0 Å². The van der Waals surface area contributed by atoms with Gasteiger partial charge in [0.2, 0.25) is 0 Å². The van der Waals surface area contributed by atoms with Gasteiger partial charge in [-0.2, -0.15) is 0 Å². The highest BCUT2D eigenvalue weighted by molar-refractivity contribution is 7.70. The number of phosphoric ester groups is 1. The molecule has 0 saturated heterocycles. The summed E-state index contributed by atoms with van der Waals surface area (Å²) in [4.78, 5) is 43.3. The summed E-state index contributed by atoms with van der Waals surface area (Å²) in [5, 5.41) is 8.71. The van der Waals surface area contributed by atoms with Crippen molar-refractivity contribution in [3.05, 3.63) is 0 Å². The number of phosphoric acid groups is 1. The van der Waals surface area contributed by atoms with Crippen LogP contribution in [-0.2, 0) is 18.4 Å². The van der Waals surface area contributed by atoms with E-state index in [4.69, 9.17) is 24.7 Å². The number of aliphatic hydroxyl groups excluding tert-OH is 1. The Hall–Kier alpha value is -0.110. The molecular weight excluding hydrogens is 242 g/mol. The maximum atomic E-state index is 10.5. The number of aliphatic hydroxyl groups is 1. The minimum atomic E-state index is -5.12. The molecule has 0 fully saturated rings. The first kappa shape index (κ1) is 13.9. The van der Waals surface area contributed by atoms with Crippen molar-refractivity contribution in [3.63, 3.8) is 0 Å². The van der Waals surface area contributed by atoms with Crippen molar-refractivity contribution in [2.24, 2.45) is 0 Å². The first-order valence-electron chi connectivity index (χ1n) is 3.02. The zero-order valence-electron chi connectivity index (χ0n) is 6.55. The van der Waals surface area contributed by atoms with Crippen molar-refractivity contribution in [1.29, 1.82) is 0 Å². The Morgan fingerprint density at radius 2 is 1.64 bits per heavy atom. The summed E-state index contributed by atoms with van der Waals surface area (Å²) in [7, 11) is -9.99. The van der Waals surface area contributed by atoms with Crippen LogP contribution in [0.3, 0.4) is 0 Å². The molecule has 11 heteroatoms. The van der Waals surface area contributed by atoms with Crippen molar-refractivity contribution in [2.75, 3.05) is 6.61 Å². The average molecular weight is 250 g/mol. The molecule has 0 aliphatic carbocycles. The molecule has 84 valence electrons. The Morgan fingerprint density at radius 3 is 1.93 bits per heavy atom. The van der Waals surface area contributed by atoms with Crippen LogP contribution < -0.4 is 0 Å². The summed E-state index contributed by atoms with van der Waals surface area (Å²) >= 11 is 0. The molecule has 0 aliphatic heterocycles. The van der Waals surface area contributed by atoms with Crippen LogP contribution in [0.2, 0.25) is 0 Å². The SMILES string of the molecule is O=C(C(O)COP(=O)(O)O)P(=O)(O)O. The van der Waals surface area contributed by atoms with Gasteiger partial charge in [-0.1, -0.05) is 0 Å². The van der Waals surface area contributed by atoms with Crippen LogP contribution in [0.15, 0.2) is 0 Å². The molecule has 0 rings (SSSR count).